The molecule has 1 nitrogen and oxygen atoms in total. The van der Waals surface area contributed by atoms with Gasteiger partial charge in [-0.05, 0) is 48.8 Å². The number of hydrogen-bond donors (Lipinski definition) is 0. The molecular formula is C17H30O. The molecule has 0 unspecified atom stereocenters. The molecule has 104 valence electrons. The molecule has 0 spiro atoms. The van der Waals surface area contributed by atoms with Crippen LogP contribution in [-0.2, 0) is 4.74 Å². The van der Waals surface area contributed by atoms with Gasteiger partial charge in [0.05, 0.1) is 7.11 Å². The number of hydrogen-bond acceptors (Lipinski definition) is 1. The standard InChI is InChI=1S/C17H30O/c1-9-13(6)15(10-2)16(11-3)17(18-8)14(7)12(4)5/h12H,6,9-11H2,1-5,7-8H3/b16-15-,17-14+. The molecule has 0 aliphatic heterocycles. The van der Waals surface area contributed by atoms with Crippen molar-refractivity contribution in [2.45, 2.75) is 60.8 Å². The average Bonchev–Trinajstić information content (AvgIpc) is 2.37. The molecule has 0 atom stereocenters. The summed E-state index contributed by atoms with van der Waals surface area (Å²) >= 11 is 0. The SMILES string of the molecule is C=C(CC)/C(CC)=C(CC)\C(OC)=C(\C)C(C)C. The maximum atomic E-state index is 5.68. The lowest BCUT2D eigenvalue weighted by atomic mass is 9.90. The highest BCUT2D eigenvalue weighted by Gasteiger charge is 2.15. The summed E-state index contributed by atoms with van der Waals surface area (Å²) in [5, 5.41) is 0. The van der Waals surface area contributed by atoms with Gasteiger partial charge in [0.2, 0.25) is 0 Å². The zero-order valence-corrected chi connectivity index (χ0v) is 13.3. The first-order chi connectivity index (χ1) is 8.44. The van der Waals surface area contributed by atoms with Gasteiger partial charge in [-0.3, -0.25) is 0 Å². The lowest BCUT2D eigenvalue weighted by Crippen LogP contribution is -2.05. The van der Waals surface area contributed by atoms with Crippen molar-refractivity contribution in [3.05, 3.63) is 34.6 Å². The summed E-state index contributed by atoms with van der Waals surface area (Å²) in [5.74, 6) is 1.58. The van der Waals surface area contributed by atoms with Gasteiger partial charge >= 0.3 is 0 Å². The van der Waals surface area contributed by atoms with Crippen LogP contribution in [-0.4, -0.2) is 7.11 Å². The molecule has 0 saturated carbocycles. The summed E-state index contributed by atoms with van der Waals surface area (Å²) in [4.78, 5) is 0. The van der Waals surface area contributed by atoms with Crippen LogP contribution in [0.1, 0.15) is 60.8 Å². The van der Waals surface area contributed by atoms with Gasteiger partial charge in [0.1, 0.15) is 5.76 Å². The van der Waals surface area contributed by atoms with E-state index in [0.717, 1.165) is 25.0 Å². The van der Waals surface area contributed by atoms with Crippen LogP contribution < -0.4 is 0 Å². The Morgan fingerprint density at radius 3 is 1.78 bits per heavy atom. The van der Waals surface area contributed by atoms with E-state index >= 15 is 0 Å². The molecule has 0 radical (unpaired) electrons. The van der Waals surface area contributed by atoms with E-state index in [1.165, 1.54) is 22.3 Å². The van der Waals surface area contributed by atoms with E-state index in [1.54, 1.807) is 7.11 Å². The van der Waals surface area contributed by atoms with Crippen LogP contribution in [0.4, 0.5) is 0 Å². The van der Waals surface area contributed by atoms with Crippen molar-refractivity contribution in [3.8, 4) is 0 Å². The van der Waals surface area contributed by atoms with Gasteiger partial charge in [0.25, 0.3) is 0 Å². The van der Waals surface area contributed by atoms with Crippen molar-refractivity contribution in [2.24, 2.45) is 5.92 Å². The van der Waals surface area contributed by atoms with Gasteiger partial charge < -0.3 is 4.74 Å². The number of rotatable bonds is 7. The van der Waals surface area contributed by atoms with Gasteiger partial charge in [-0.1, -0.05) is 46.8 Å². The van der Waals surface area contributed by atoms with Crippen molar-refractivity contribution in [3.63, 3.8) is 0 Å². The van der Waals surface area contributed by atoms with E-state index in [-0.39, 0.29) is 0 Å². The molecule has 0 N–H and O–H groups in total. The maximum Gasteiger partial charge on any atom is 0.121 e. The zero-order valence-electron chi connectivity index (χ0n) is 13.3. The molecule has 0 amide bonds. The van der Waals surface area contributed by atoms with Crippen LogP contribution in [0.5, 0.6) is 0 Å². The van der Waals surface area contributed by atoms with Crippen molar-refractivity contribution in [2.75, 3.05) is 7.11 Å². The van der Waals surface area contributed by atoms with Crippen LogP contribution in [0.15, 0.2) is 34.6 Å². The van der Waals surface area contributed by atoms with E-state index in [9.17, 15) is 0 Å². The highest BCUT2D eigenvalue weighted by atomic mass is 16.5. The summed E-state index contributed by atoms with van der Waals surface area (Å²) in [6.07, 6.45) is 3.02. The molecule has 0 aromatic carbocycles. The molecule has 0 aromatic rings. The smallest absolute Gasteiger partial charge is 0.121 e. The van der Waals surface area contributed by atoms with E-state index in [4.69, 9.17) is 4.74 Å². The maximum absolute atomic E-state index is 5.68. The Hall–Kier alpha value is -0.980. The summed E-state index contributed by atoms with van der Waals surface area (Å²) in [7, 11) is 1.78. The number of methoxy groups -OCH3 is 1. The molecule has 1 heteroatoms. The first-order valence-corrected chi connectivity index (χ1v) is 7.09. The third kappa shape index (κ3) is 4.04. The van der Waals surface area contributed by atoms with Crippen LogP contribution in [0.3, 0.4) is 0 Å². The molecule has 0 heterocycles. The molecule has 18 heavy (non-hydrogen) atoms. The largest absolute Gasteiger partial charge is 0.497 e. The first kappa shape index (κ1) is 17.0. The fourth-order valence-electron chi connectivity index (χ4n) is 2.19. The second-order valence-electron chi connectivity index (χ2n) is 4.99. The normalized spacial score (nSPS) is 14.2. The summed E-state index contributed by atoms with van der Waals surface area (Å²) in [6, 6.07) is 0. The minimum Gasteiger partial charge on any atom is -0.497 e. The average molecular weight is 250 g/mol. The van der Waals surface area contributed by atoms with Gasteiger partial charge in [0, 0.05) is 0 Å². The minimum atomic E-state index is 0.509. The predicted octanol–water partition coefficient (Wildman–Crippen LogP) is 5.65. The molecule has 0 aliphatic rings. The molecular weight excluding hydrogens is 220 g/mol. The van der Waals surface area contributed by atoms with Crippen molar-refractivity contribution >= 4 is 0 Å². The fourth-order valence-corrected chi connectivity index (χ4v) is 2.19. The topological polar surface area (TPSA) is 9.23 Å². The van der Waals surface area contributed by atoms with Crippen LogP contribution in [0.25, 0.3) is 0 Å². The Balaban J connectivity index is 5.85. The molecule has 0 saturated heterocycles. The van der Waals surface area contributed by atoms with E-state index in [2.05, 4.69) is 48.1 Å². The van der Waals surface area contributed by atoms with Crippen molar-refractivity contribution in [1.82, 2.24) is 0 Å². The Morgan fingerprint density at radius 1 is 1.00 bits per heavy atom. The predicted molar refractivity (Wildman–Crippen MR) is 81.6 cm³/mol. The quantitative estimate of drug-likeness (QED) is 0.419. The Kier molecular flexibility index (Phi) is 7.73. The van der Waals surface area contributed by atoms with E-state index in [1.807, 2.05) is 0 Å². The van der Waals surface area contributed by atoms with Gasteiger partial charge in [-0.25, -0.2) is 0 Å². The van der Waals surface area contributed by atoms with Gasteiger partial charge in [-0.15, -0.1) is 0 Å². The van der Waals surface area contributed by atoms with Crippen molar-refractivity contribution in [1.29, 1.82) is 0 Å². The lowest BCUT2D eigenvalue weighted by Gasteiger charge is -2.20. The van der Waals surface area contributed by atoms with Crippen LogP contribution in [0, 0.1) is 5.92 Å². The first-order valence-electron chi connectivity index (χ1n) is 7.09. The highest BCUT2D eigenvalue weighted by molar-refractivity contribution is 5.43. The highest BCUT2D eigenvalue weighted by Crippen LogP contribution is 2.31. The Labute approximate surface area is 114 Å². The summed E-state index contributed by atoms with van der Waals surface area (Å²) < 4.78 is 5.68. The van der Waals surface area contributed by atoms with Gasteiger partial charge in [0.15, 0.2) is 0 Å². The van der Waals surface area contributed by atoms with E-state index < -0.39 is 0 Å². The van der Waals surface area contributed by atoms with Crippen LogP contribution in [0.2, 0.25) is 0 Å². The molecule has 0 rings (SSSR count). The van der Waals surface area contributed by atoms with Crippen molar-refractivity contribution < 1.29 is 4.74 Å². The molecule has 0 aliphatic carbocycles. The third-order valence-corrected chi connectivity index (χ3v) is 3.63. The van der Waals surface area contributed by atoms with E-state index in [0.29, 0.717) is 5.92 Å². The van der Waals surface area contributed by atoms with Crippen LogP contribution >= 0.6 is 0 Å². The summed E-state index contributed by atoms with van der Waals surface area (Å²) in [6.45, 7) is 17.3. The molecule has 0 bridgehead atoms. The second-order valence-corrected chi connectivity index (χ2v) is 4.99. The number of ether oxygens (including phenoxy) is 1. The minimum absolute atomic E-state index is 0.509. The Morgan fingerprint density at radius 2 is 1.50 bits per heavy atom. The molecule has 0 aromatic heterocycles. The summed E-state index contributed by atoms with van der Waals surface area (Å²) in [5.41, 5.74) is 5.26. The van der Waals surface area contributed by atoms with Gasteiger partial charge in [-0.2, -0.15) is 0 Å². The zero-order chi connectivity index (χ0) is 14.3. The lowest BCUT2D eigenvalue weighted by molar-refractivity contribution is 0.289. The Bertz CT molecular complexity index is 343. The monoisotopic (exact) mass is 250 g/mol. The molecule has 0 fully saturated rings. The third-order valence-electron chi connectivity index (χ3n) is 3.63. The fraction of sp³-hybridized carbons (Fsp3) is 0.647. The second kappa shape index (κ2) is 8.18. The number of allylic oxidation sites excluding steroid dienone is 4.